The third kappa shape index (κ3) is 2.81. The first kappa shape index (κ1) is 15.5. The number of carbonyl (C=O) groups is 2. The van der Waals surface area contributed by atoms with Crippen LogP contribution in [-0.2, 0) is 11.3 Å². The van der Waals surface area contributed by atoms with E-state index in [4.69, 9.17) is 4.74 Å². The second-order valence-corrected chi connectivity index (χ2v) is 6.01. The predicted molar refractivity (Wildman–Crippen MR) is 95.4 cm³/mol. The van der Waals surface area contributed by atoms with Crippen molar-refractivity contribution in [2.75, 3.05) is 13.2 Å². The van der Waals surface area contributed by atoms with Crippen molar-refractivity contribution < 1.29 is 14.3 Å². The fourth-order valence-electron chi connectivity index (χ4n) is 3.20. The van der Waals surface area contributed by atoms with E-state index >= 15 is 0 Å². The molecule has 0 saturated heterocycles. The minimum Gasteiger partial charge on any atom is -0.375 e. The lowest BCUT2D eigenvalue weighted by atomic mass is 9.94. The van der Waals surface area contributed by atoms with E-state index in [9.17, 15) is 9.59 Å². The van der Waals surface area contributed by atoms with Crippen molar-refractivity contribution >= 4 is 22.6 Å². The summed E-state index contributed by atoms with van der Waals surface area (Å²) in [4.78, 5) is 26.7. The molecule has 4 nitrogen and oxygen atoms in total. The summed E-state index contributed by atoms with van der Waals surface area (Å²) in [5, 5.41) is 1.66. The number of amides is 2. The summed E-state index contributed by atoms with van der Waals surface area (Å²) in [5.74, 6) is -0.504. The molecule has 3 aromatic rings. The molecule has 25 heavy (non-hydrogen) atoms. The van der Waals surface area contributed by atoms with Crippen LogP contribution in [0.2, 0.25) is 0 Å². The molecule has 1 aliphatic rings. The van der Waals surface area contributed by atoms with E-state index in [0.717, 1.165) is 16.3 Å². The summed E-state index contributed by atoms with van der Waals surface area (Å²) in [5.41, 5.74) is 2.22. The van der Waals surface area contributed by atoms with Crippen LogP contribution in [0.5, 0.6) is 0 Å². The average molecular weight is 331 g/mol. The van der Waals surface area contributed by atoms with Crippen molar-refractivity contribution in [3.05, 3.63) is 83.4 Å². The molecule has 0 atom stereocenters. The van der Waals surface area contributed by atoms with Crippen molar-refractivity contribution in [1.82, 2.24) is 4.90 Å². The topological polar surface area (TPSA) is 46.6 Å². The minimum atomic E-state index is -0.252. The Balaban J connectivity index is 1.50. The zero-order valence-corrected chi connectivity index (χ0v) is 13.6. The molecule has 1 heterocycles. The van der Waals surface area contributed by atoms with Gasteiger partial charge in [0.05, 0.1) is 19.8 Å². The van der Waals surface area contributed by atoms with Crippen LogP contribution in [0.15, 0.2) is 66.7 Å². The van der Waals surface area contributed by atoms with Crippen LogP contribution in [0.25, 0.3) is 10.8 Å². The molecule has 4 rings (SSSR count). The number of imide groups is 1. The number of nitrogens with zero attached hydrogens (tertiary/aromatic N) is 1. The van der Waals surface area contributed by atoms with Gasteiger partial charge in [-0.15, -0.1) is 0 Å². The standard InChI is InChI=1S/C21H17NO3/c23-20-17-10-4-8-16-9-5-11-18(19(16)17)21(24)22(20)12-13-25-14-15-6-2-1-3-7-15/h1-11H,12-14H2. The SMILES string of the molecule is O=C1c2cccc3cccc(c23)C(=O)N1CCOCc1ccccc1. The van der Waals surface area contributed by atoms with E-state index in [2.05, 4.69) is 0 Å². The summed E-state index contributed by atoms with van der Waals surface area (Å²) < 4.78 is 5.63. The first-order chi connectivity index (χ1) is 12.3. The van der Waals surface area contributed by atoms with Gasteiger partial charge in [0.2, 0.25) is 0 Å². The molecule has 2 amide bonds. The molecule has 0 N–H and O–H groups in total. The van der Waals surface area contributed by atoms with Gasteiger partial charge < -0.3 is 4.74 Å². The van der Waals surface area contributed by atoms with Crippen LogP contribution in [0.3, 0.4) is 0 Å². The Labute approximate surface area is 145 Å². The largest absolute Gasteiger partial charge is 0.375 e. The predicted octanol–water partition coefficient (Wildman–Crippen LogP) is 3.65. The van der Waals surface area contributed by atoms with Crippen LogP contribution in [0.1, 0.15) is 26.3 Å². The van der Waals surface area contributed by atoms with Crippen molar-refractivity contribution in [2.24, 2.45) is 0 Å². The summed E-state index contributed by atoms with van der Waals surface area (Å²) in [6.45, 7) is 1.02. The average Bonchev–Trinajstić information content (AvgIpc) is 2.66. The summed E-state index contributed by atoms with van der Waals surface area (Å²) in [7, 11) is 0. The first-order valence-electron chi connectivity index (χ1n) is 8.25. The second-order valence-electron chi connectivity index (χ2n) is 6.01. The van der Waals surface area contributed by atoms with E-state index in [-0.39, 0.29) is 18.4 Å². The number of hydrogen-bond donors (Lipinski definition) is 0. The first-order valence-corrected chi connectivity index (χ1v) is 8.25. The highest BCUT2D eigenvalue weighted by atomic mass is 16.5. The van der Waals surface area contributed by atoms with Crippen LogP contribution < -0.4 is 0 Å². The molecule has 0 unspecified atom stereocenters. The Bertz CT molecular complexity index is 899. The Morgan fingerprint density at radius 3 is 2.04 bits per heavy atom. The Kier molecular flexibility index (Phi) is 4.04. The maximum Gasteiger partial charge on any atom is 0.261 e. The third-order valence-corrected chi connectivity index (χ3v) is 4.43. The normalized spacial score (nSPS) is 13.5. The lowest BCUT2D eigenvalue weighted by Crippen LogP contribution is -2.42. The van der Waals surface area contributed by atoms with E-state index in [1.165, 1.54) is 4.90 Å². The number of benzene rings is 3. The lowest BCUT2D eigenvalue weighted by Gasteiger charge is -2.27. The van der Waals surface area contributed by atoms with Gasteiger partial charge in [0.25, 0.3) is 11.8 Å². The number of carbonyl (C=O) groups excluding carboxylic acids is 2. The molecule has 0 saturated carbocycles. The van der Waals surface area contributed by atoms with Crippen molar-refractivity contribution in [3.8, 4) is 0 Å². The fourth-order valence-corrected chi connectivity index (χ4v) is 3.20. The minimum absolute atomic E-state index is 0.245. The third-order valence-electron chi connectivity index (χ3n) is 4.43. The Hall–Kier alpha value is -2.98. The molecule has 0 fully saturated rings. The van der Waals surface area contributed by atoms with E-state index in [0.29, 0.717) is 24.3 Å². The highest BCUT2D eigenvalue weighted by Gasteiger charge is 2.32. The van der Waals surface area contributed by atoms with E-state index in [1.807, 2.05) is 54.6 Å². The smallest absolute Gasteiger partial charge is 0.261 e. The van der Waals surface area contributed by atoms with Crippen molar-refractivity contribution in [2.45, 2.75) is 6.61 Å². The van der Waals surface area contributed by atoms with Gasteiger partial charge in [-0.1, -0.05) is 54.6 Å². The monoisotopic (exact) mass is 331 g/mol. The van der Waals surface area contributed by atoms with Gasteiger partial charge in [-0.3, -0.25) is 14.5 Å². The summed E-state index contributed by atoms with van der Waals surface area (Å²) in [6.07, 6.45) is 0. The van der Waals surface area contributed by atoms with Gasteiger partial charge in [0, 0.05) is 16.5 Å². The molecule has 0 spiro atoms. The van der Waals surface area contributed by atoms with Crippen LogP contribution >= 0.6 is 0 Å². The molecule has 0 aliphatic carbocycles. The highest BCUT2D eigenvalue weighted by molar-refractivity contribution is 6.25. The zero-order chi connectivity index (χ0) is 17.2. The van der Waals surface area contributed by atoms with Crippen molar-refractivity contribution in [3.63, 3.8) is 0 Å². The molecular formula is C21H17NO3. The zero-order valence-electron chi connectivity index (χ0n) is 13.6. The number of hydrogen-bond acceptors (Lipinski definition) is 3. The summed E-state index contributed by atoms with van der Waals surface area (Å²) in [6, 6.07) is 20.9. The van der Waals surface area contributed by atoms with Gasteiger partial charge in [0.1, 0.15) is 0 Å². The molecule has 4 heteroatoms. The fraction of sp³-hybridized carbons (Fsp3) is 0.143. The highest BCUT2D eigenvalue weighted by Crippen LogP contribution is 2.29. The van der Waals surface area contributed by atoms with Crippen LogP contribution in [-0.4, -0.2) is 29.9 Å². The molecule has 3 aromatic carbocycles. The Morgan fingerprint density at radius 1 is 0.760 bits per heavy atom. The van der Waals surface area contributed by atoms with E-state index < -0.39 is 0 Å². The van der Waals surface area contributed by atoms with Crippen LogP contribution in [0, 0.1) is 0 Å². The van der Waals surface area contributed by atoms with Gasteiger partial charge in [-0.2, -0.15) is 0 Å². The lowest BCUT2D eigenvalue weighted by molar-refractivity contribution is 0.0505. The van der Waals surface area contributed by atoms with Gasteiger partial charge >= 0.3 is 0 Å². The van der Waals surface area contributed by atoms with Crippen LogP contribution in [0.4, 0.5) is 0 Å². The molecule has 0 bridgehead atoms. The maximum absolute atomic E-state index is 12.7. The van der Waals surface area contributed by atoms with E-state index in [1.54, 1.807) is 12.1 Å². The Morgan fingerprint density at radius 2 is 1.40 bits per heavy atom. The van der Waals surface area contributed by atoms with Crippen molar-refractivity contribution in [1.29, 1.82) is 0 Å². The molecule has 1 aliphatic heterocycles. The molecule has 0 aromatic heterocycles. The maximum atomic E-state index is 12.7. The van der Waals surface area contributed by atoms with Gasteiger partial charge in [-0.05, 0) is 23.1 Å². The quantitative estimate of drug-likeness (QED) is 0.529. The molecule has 0 radical (unpaired) electrons. The molecule has 124 valence electrons. The van der Waals surface area contributed by atoms with Gasteiger partial charge in [0.15, 0.2) is 0 Å². The number of ether oxygens (including phenoxy) is 1. The van der Waals surface area contributed by atoms with Gasteiger partial charge in [-0.25, -0.2) is 0 Å². The summed E-state index contributed by atoms with van der Waals surface area (Å²) >= 11 is 0. The molecular weight excluding hydrogens is 314 g/mol. The number of rotatable bonds is 5. The second kappa shape index (κ2) is 6.49.